The fourth-order valence-corrected chi connectivity index (χ4v) is 2.61. The average Bonchev–Trinajstić information content (AvgIpc) is 2.43. The maximum absolute atomic E-state index is 14.2. The number of rotatable bonds is 2. The molecule has 20 heavy (non-hydrogen) atoms. The van der Waals surface area contributed by atoms with Gasteiger partial charge in [-0.25, -0.2) is 4.39 Å². The van der Waals surface area contributed by atoms with Crippen LogP contribution in [0.1, 0.15) is 17.5 Å². The van der Waals surface area contributed by atoms with Crippen LogP contribution in [0.4, 0.5) is 15.8 Å². The van der Waals surface area contributed by atoms with E-state index in [0.29, 0.717) is 30.8 Å². The van der Waals surface area contributed by atoms with E-state index < -0.39 is 5.82 Å². The van der Waals surface area contributed by atoms with Gasteiger partial charge in [0.2, 0.25) is 5.91 Å². The molecule has 102 valence electrons. The van der Waals surface area contributed by atoms with Crippen LogP contribution in [0, 0.1) is 5.82 Å². The number of aryl methyl sites for hydroxylation is 1. The van der Waals surface area contributed by atoms with Gasteiger partial charge in [0.1, 0.15) is 5.82 Å². The highest BCUT2D eigenvalue weighted by Crippen LogP contribution is 2.33. The van der Waals surface area contributed by atoms with Crippen LogP contribution in [-0.2, 0) is 17.8 Å². The number of carbonyl (C=O) groups excluding carboxylic acids is 1. The molecule has 0 unspecified atom stereocenters. The highest BCUT2D eigenvalue weighted by molar-refractivity contribution is 5.96. The second-order valence-electron chi connectivity index (χ2n) is 4.98. The Labute approximate surface area is 116 Å². The van der Waals surface area contributed by atoms with Gasteiger partial charge in [-0.3, -0.25) is 4.79 Å². The Balaban J connectivity index is 2.02. The summed E-state index contributed by atoms with van der Waals surface area (Å²) in [5.74, 6) is -0.478. The molecule has 1 aliphatic heterocycles. The molecule has 0 aliphatic carbocycles. The number of halogens is 1. The number of fused-ring (bicyclic) bond motifs is 1. The predicted octanol–water partition coefficient (Wildman–Crippen LogP) is 2.89. The lowest BCUT2D eigenvalue weighted by Crippen LogP contribution is -2.35. The predicted molar refractivity (Wildman–Crippen MR) is 76.8 cm³/mol. The minimum absolute atomic E-state index is 0.0509. The van der Waals surface area contributed by atoms with Crippen molar-refractivity contribution in [3.63, 3.8) is 0 Å². The van der Waals surface area contributed by atoms with Crippen LogP contribution < -0.4 is 10.6 Å². The zero-order valence-corrected chi connectivity index (χ0v) is 11.0. The van der Waals surface area contributed by atoms with Crippen LogP contribution in [0.2, 0.25) is 0 Å². The van der Waals surface area contributed by atoms with Crippen LogP contribution in [0.3, 0.4) is 0 Å². The third kappa shape index (κ3) is 2.25. The Kier molecular flexibility index (Phi) is 3.14. The van der Waals surface area contributed by atoms with E-state index in [2.05, 4.69) is 0 Å². The first kappa shape index (κ1) is 12.7. The highest BCUT2D eigenvalue weighted by Gasteiger charge is 2.27. The van der Waals surface area contributed by atoms with Crippen LogP contribution in [0.5, 0.6) is 0 Å². The van der Waals surface area contributed by atoms with Gasteiger partial charge < -0.3 is 10.6 Å². The van der Waals surface area contributed by atoms with Gasteiger partial charge >= 0.3 is 0 Å². The standard InChI is InChI=1S/C16H15FN2O/c17-14-9-13(18)8-12-6-7-15(20)19(16(12)14)10-11-4-2-1-3-5-11/h1-5,8-9H,6-7,10,18H2. The summed E-state index contributed by atoms with van der Waals surface area (Å²) in [4.78, 5) is 13.6. The summed E-state index contributed by atoms with van der Waals surface area (Å²) in [7, 11) is 0. The number of amides is 1. The number of hydrogen-bond acceptors (Lipinski definition) is 2. The highest BCUT2D eigenvalue weighted by atomic mass is 19.1. The molecule has 0 radical (unpaired) electrons. The maximum Gasteiger partial charge on any atom is 0.227 e. The average molecular weight is 270 g/mol. The zero-order chi connectivity index (χ0) is 14.1. The molecule has 1 aliphatic rings. The van der Waals surface area contributed by atoms with E-state index >= 15 is 0 Å². The molecule has 3 rings (SSSR count). The molecule has 0 spiro atoms. The number of anilines is 2. The van der Waals surface area contributed by atoms with E-state index in [0.717, 1.165) is 11.1 Å². The molecule has 0 atom stereocenters. The molecule has 1 heterocycles. The van der Waals surface area contributed by atoms with Crippen LogP contribution in [0.15, 0.2) is 42.5 Å². The Morgan fingerprint density at radius 1 is 1.15 bits per heavy atom. The molecule has 2 aromatic carbocycles. The van der Waals surface area contributed by atoms with E-state index in [4.69, 9.17) is 5.73 Å². The number of benzene rings is 2. The third-order valence-electron chi connectivity index (χ3n) is 3.53. The summed E-state index contributed by atoms with van der Waals surface area (Å²) in [6, 6.07) is 12.6. The molecule has 0 bridgehead atoms. The molecule has 2 N–H and O–H groups in total. The lowest BCUT2D eigenvalue weighted by atomic mass is 9.99. The molecule has 2 aromatic rings. The van der Waals surface area contributed by atoms with Crippen LogP contribution >= 0.6 is 0 Å². The monoisotopic (exact) mass is 270 g/mol. The van der Waals surface area contributed by atoms with Gasteiger partial charge in [0.15, 0.2) is 0 Å². The number of nitrogen functional groups attached to an aromatic ring is 1. The number of carbonyl (C=O) groups is 1. The van der Waals surface area contributed by atoms with E-state index in [1.54, 1.807) is 6.07 Å². The Bertz CT molecular complexity index is 655. The summed E-state index contributed by atoms with van der Waals surface area (Å²) in [5.41, 5.74) is 8.23. The molecule has 0 saturated heterocycles. The quantitative estimate of drug-likeness (QED) is 0.853. The van der Waals surface area contributed by atoms with Crippen molar-refractivity contribution in [1.29, 1.82) is 0 Å². The molecule has 4 heteroatoms. The van der Waals surface area contributed by atoms with Crippen molar-refractivity contribution >= 4 is 17.3 Å². The van der Waals surface area contributed by atoms with Crippen molar-refractivity contribution in [2.45, 2.75) is 19.4 Å². The molecule has 3 nitrogen and oxygen atoms in total. The molecule has 1 amide bonds. The number of nitrogens with zero attached hydrogens (tertiary/aromatic N) is 1. The summed E-state index contributed by atoms with van der Waals surface area (Å²) >= 11 is 0. The topological polar surface area (TPSA) is 46.3 Å². The Hall–Kier alpha value is -2.36. The van der Waals surface area contributed by atoms with Gasteiger partial charge in [0, 0.05) is 12.1 Å². The minimum atomic E-state index is -0.427. The van der Waals surface area contributed by atoms with Crippen LogP contribution in [0.25, 0.3) is 0 Å². The molecular weight excluding hydrogens is 255 g/mol. The second kappa shape index (κ2) is 4.96. The summed E-state index contributed by atoms with van der Waals surface area (Å²) in [6.45, 7) is 0.382. The third-order valence-corrected chi connectivity index (χ3v) is 3.53. The van der Waals surface area contributed by atoms with E-state index in [9.17, 15) is 9.18 Å². The van der Waals surface area contributed by atoms with Crippen molar-refractivity contribution < 1.29 is 9.18 Å². The maximum atomic E-state index is 14.2. The molecule has 0 fully saturated rings. The summed E-state index contributed by atoms with van der Waals surface area (Å²) in [6.07, 6.45) is 0.935. The van der Waals surface area contributed by atoms with Gasteiger partial charge in [-0.15, -0.1) is 0 Å². The van der Waals surface area contributed by atoms with E-state index in [1.807, 2.05) is 30.3 Å². The van der Waals surface area contributed by atoms with Gasteiger partial charge in [-0.1, -0.05) is 30.3 Å². The summed E-state index contributed by atoms with van der Waals surface area (Å²) in [5, 5.41) is 0. The largest absolute Gasteiger partial charge is 0.399 e. The van der Waals surface area contributed by atoms with Crippen molar-refractivity contribution in [2.24, 2.45) is 0 Å². The Morgan fingerprint density at radius 2 is 1.90 bits per heavy atom. The first-order chi connectivity index (χ1) is 9.65. The number of hydrogen-bond donors (Lipinski definition) is 1. The molecular formula is C16H15FN2O. The Morgan fingerprint density at radius 3 is 2.65 bits per heavy atom. The van der Waals surface area contributed by atoms with Gasteiger partial charge in [0.05, 0.1) is 12.2 Å². The van der Waals surface area contributed by atoms with E-state index in [-0.39, 0.29) is 5.91 Å². The van der Waals surface area contributed by atoms with Crippen molar-refractivity contribution in [2.75, 3.05) is 10.6 Å². The van der Waals surface area contributed by atoms with Gasteiger partial charge in [-0.2, -0.15) is 0 Å². The van der Waals surface area contributed by atoms with E-state index in [1.165, 1.54) is 11.0 Å². The number of nitrogens with two attached hydrogens (primary N) is 1. The lowest BCUT2D eigenvalue weighted by Gasteiger charge is -2.30. The van der Waals surface area contributed by atoms with Gasteiger partial charge in [-0.05, 0) is 29.7 Å². The zero-order valence-electron chi connectivity index (χ0n) is 11.0. The van der Waals surface area contributed by atoms with Crippen LogP contribution in [-0.4, -0.2) is 5.91 Å². The van der Waals surface area contributed by atoms with Gasteiger partial charge in [0.25, 0.3) is 0 Å². The normalized spacial score (nSPS) is 14.2. The SMILES string of the molecule is Nc1cc(F)c2c(c1)CCC(=O)N2Cc1ccccc1. The smallest absolute Gasteiger partial charge is 0.227 e. The first-order valence-corrected chi connectivity index (χ1v) is 6.57. The molecule has 0 saturated carbocycles. The van der Waals surface area contributed by atoms with Crippen molar-refractivity contribution in [3.8, 4) is 0 Å². The first-order valence-electron chi connectivity index (χ1n) is 6.57. The minimum Gasteiger partial charge on any atom is -0.399 e. The summed E-state index contributed by atoms with van der Waals surface area (Å²) < 4.78 is 14.2. The fraction of sp³-hybridized carbons (Fsp3) is 0.188. The van der Waals surface area contributed by atoms with Crippen molar-refractivity contribution in [3.05, 3.63) is 59.4 Å². The fourth-order valence-electron chi connectivity index (χ4n) is 2.61. The lowest BCUT2D eigenvalue weighted by molar-refractivity contribution is -0.119. The van der Waals surface area contributed by atoms with Crippen molar-refractivity contribution in [1.82, 2.24) is 0 Å². The second-order valence-corrected chi connectivity index (χ2v) is 4.98. The molecule has 0 aromatic heterocycles.